The molecule has 0 unspecified atom stereocenters. The maximum atomic E-state index is 12.8. The fraction of sp³-hybridized carbons (Fsp3) is 0.136. The molecule has 0 radical (unpaired) electrons. The molecular formula is C22H18BrIN4O2S2. The predicted octanol–water partition coefficient (Wildman–Crippen LogP) is 5.22. The van der Waals surface area contributed by atoms with Gasteiger partial charge in [-0.15, -0.1) is 11.3 Å². The summed E-state index contributed by atoms with van der Waals surface area (Å²) in [6.07, 6.45) is 0.612. The molecule has 2 amide bonds. The number of para-hydroxylation sites is 1. The summed E-state index contributed by atoms with van der Waals surface area (Å²) in [5, 5.41) is 7.25. The highest BCUT2D eigenvalue weighted by molar-refractivity contribution is 14.1. The van der Waals surface area contributed by atoms with Crippen LogP contribution >= 0.6 is 62.1 Å². The maximum Gasteiger partial charge on any atom is 0.257 e. The molecule has 0 fully saturated rings. The quantitative estimate of drug-likeness (QED) is 0.269. The number of halogens is 2. The molecule has 0 bridgehead atoms. The number of anilines is 2. The van der Waals surface area contributed by atoms with E-state index >= 15 is 0 Å². The number of hydrogen-bond acceptors (Lipinski definition) is 4. The smallest absolute Gasteiger partial charge is 0.257 e. The van der Waals surface area contributed by atoms with Crippen molar-refractivity contribution in [2.24, 2.45) is 5.73 Å². The van der Waals surface area contributed by atoms with Crippen LogP contribution in [0, 0.1) is 3.57 Å². The number of fused-ring (bicyclic) bond motifs is 1. The van der Waals surface area contributed by atoms with Crippen LogP contribution in [0.4, 0.5) is 10.7 Å². The lowest BCUT2D eigenvalue weighted by Gasteiger charge is -2.30. The molecule has 4 N–H and O–H groups in total. The van der Waals surface area contributed by atoms with Crippen molar-refractivity contribution in [1.29, 1.82) is 0 Å². The van der Waals surface area contributed by atoms with Gasteiger partial charge in [-0.1, -0.05) is 24.3 Å². The summed E-state index contributed by atoms with van der Waals surface area (Å²) in [6.45, 7) is 1.18. The molecule has 2 heterocycles. The Hall–Kier alpha value is -2.02. The minimum Gasteiger partial charge on any atom is -0.365 e. The number of rotatable bonds is 4. The molecule has 1 aliphatic heterocycles. The molecule has 6 nitrogen and oxygen atoms in total. The van der Waals surface area contributed by atoms with Gasteiger partial charge in [0.05, 0.1) is 23.4 Å². The molecular weight excluding hydrogens is 623 g/mol. The Kier molecular flexibility index (Phi) is 7.13. The van der Waals surface area contributed by atoms with E-state index in [4.69, 9.17) is 18.0 Å². The van der Waals surface area contributed by atoms with Crippen molar-refractivity contribution >= 4 is 89.7 Å². The van der Waals surface area contributed by atoms with Crippen molar-refractivity contribution in [2.75, 3.05) is 17.2 Å². The number of thiocarbonyl (C=S) groups is 1. The Morgan fingerprint density at radius 2 is 1.84 bits per heavy atom. The molecule has 4 rings (SSSR count). The number of primary amides is 1. The van der Waals surface area contributed by atoms with Gasteiger partial charge >= 0.3 is 0 Å². The molecule has 0 aliphatic carbocycles. The zero-order valence-corrected chi connectivity index (χ0v) is 22.0. The number of nitrogens with two attached hydrogens (primary N) is 1. The summed E-state index contributed by atoms with van der Waals surface area (Å²) in [5.41, 5.74) is 8.42. The van der Waals surface area contributed by atoms with Gasteiger partial charge in [0.15, 0.2) is 5.11 Å². The lowest BCUT2D eigenvalue weighted by atomic mass is 10.0. The van der Waals surface area contributed by atoms with E-state index in [9.17, 15) is 9.59 Å². The normalized spacial score (nSPS) is 12.8. The average Bonchev–Trinajstić information content (AvgIpc) is 3.12. The van der Waals surface area contributed by atoms with Crippen molar-refractivity contribution in [3.05, 3.63) is 78.1 Å². The zero-order chi connectivity index (χ0) is 22.8. The molecule has 0 atom stereocenters. The number of hydrogen-bond donors (Lipinski definition) is 3. The van der Waals surface area contributed by atoms with Crippen molar-refractivity contribution < 1.29 is 9.59 Å². The average molecular weight is 641 g/mol. The topological polar surface area (TPSA) is 87.5 Å². The number of nitrogens with zero attached hydrogens (tertiary/aromatic N) is 1. The van der Waals surface area contributed by atoms with Gasteiger partial charge in [0, 0.05) is 19.5 Å². The Labute approximate surface area is 216 Å². The Bertz CT molecular complexity index is 1230. The van der Waals surface area contributed by atoms with Gasteiger partial charge in [-0.05, 0) is 87.0 Å². The van der Waals surface area contributed by atoms with Crippen LogP contribution in [-0.2, 0) is 13.0 Å². The fourth-order valence-electron chi connectivity index (χ4n) is 3.50. The summed E-state index contributed by atoms with van der Waals surface area (Å²) in [4.78, 5) is 28.1. The summed E-state index contributed by atoms with van der Waals surface area (Å²) >= 11 is 12.6. The monoisotopic (exact) mass is 640 g/mol. The highest BCUT2D eigenvalue weighted by Crippen LogP contribution is 2.37. The SMILES string of the molecule is NC(=O)c1c(NC(=O)c2ccccc2I)sc2c1CCN(C(=S)Nc1ccccc1Br)C2. The highest BCUT2D eigenvalue weighted by atomic mass is 127. The van der Waals surface area contributed by atoms with Crippen LogP contribution in [0.3, 0.4) is 0 Å². The van der Waals surface area contributed by atoms with Crippen LogP contribution in [0.1, 0.15) is 31.2 Å². The van der Waals surface area contributed by atoms with Crippen LogP contribution in [-0.4, -0.2) is 28.4 Å². The molecule has 0 saturated heterocycles. The number of carbonyl (C=O) groups is 2. The third kappa shape index (κ3) is 4.82. The highest BCUT2D eigenvalue weighted by Gasteiger charge is 2.29. The van der Waals surface area contributed by atoms with Crippen LogP contribution < -0.4 is 16.4 Å². The van der Waals surface area contributed by atoms with Crippen LogP contribution in [0.25, 0.3) is 0 Å². The van der Waals surface area contributed by atoms with E-state index in [0.717, 1.165) is 24.2 Å². The van der Waals surface area contributed by atoms with E-state index in [-0.39, 0.29) is 5.91 Å². The lowest BCUT2D eigenvalue weighted by molar-refractivity contribution is 0.1000. The molecule has 1 aromatic heterocycles. The molecule has 3 aromatic rings. The van der Waals surface area contributed by atoms with Gasteiger partial charge in [-0.2, -0.15) is 0 Å². The van der Waals surface area contributed by atoms with Gasteiger partial charge < -0.3 is 21.3 Å². The van der Waals surface area contributed by atoms with Gasteiger partial charge in [0.2, 0.25) is 0 Å². The molecule has 164 valence electrons. The van der Waals surface area contributed by atoms with E-state index in [1.807, 2.05) is 47.4 Å². The number of benzene rings is 2. The van der Waals surface area contributed by atoms with Gasteiger partial charge in [-0.3, -0.25) is 9.59 Å². The van der Waals surface area contributed by atoms with Gasteiger partial charge in [0.25, 0.3) is 11.8 Å². The predicted molar refractivity (Wildman–Crippen MR) is 144 cm³/mol. The zero-order valence-electron chi connectivity index (χ0n) is 16.7. The molecule has 32 heavy (non-hydrogen) atoms. The van der Waals surface area contributed by atoms with E-state index in [1.165, 1.54) is 11.3 Å². The van der Waals surface area contributed by atoms with Crippen LogP contribution in [0.2, 0.25) is 0 Å². The Balaban J connectivity index is 1.56. The van der Waals surface area contributed by atoms with E-state index in [1.54, 1.807) is 6.07 Å². The fourth-order valence-corrected chi connectivity index (χ4v) is 6.04. The minimum atomic E-state index is -0.539. The standard InChI is InChI=1S/C22H18BrIN4O2S2/c23-14-6-2-4-8-16(14)26-22(31)28-10-9-13-17(11-28)32-21(18(13)19(25)29)27-20(30)12-5-1-3-7-15(12)24/h1-8H,9-11H2,(H2,25,29)(H,26,31)(H,27,30). The third-order valence-electron chi connectivity index (χ3n) is 5.05. The van der Waals surface area contributed by atoms with E-state index in [2.05, 4.69) is 49.2 Å². The first-order chi connectivity index (χ1) is 15.3. The third-order valence-corrected chi connectivity index (χ3v) is 8.18. The number of nitrogens with one attached hydrogen (secondary N) is 2. The summed E-state index contributed by atoms with van der Waals surface area (Å²) in [7, 11) is 0. The van der Waals surface area contributed by atoms with Gasteiger partial charge in [0.1, 0.15) is 5.00 Å². The summed E-state index contributed by atoms with van der Waals surface area (Å²) in [5.74, 6) is -0.804. The summed E-state index contributed by atoms with van der Waals surface area (Å²) in [6, 6.07) is 15.1. The number of carbonyl (C=O) groups excluding carboxylic acids is 2. The number of amides is 2. The lowest BCUT2D eigenvalue weighted by Crippen LogP contribution is -2.38. The number of thiophene rings is 1. The molecule has 2 aromatic carbocycles. The molecule has 1 aliphatic rings. The van der Waals surface area contributed by atoms with Gasteiger partial charge in [-0.25, -0.2) is 0 Å². The van der Waals surface area contributed by atoms with E-state index < -0.39 is 5.91 Å². The van der Waals surface area contributed by atoms with Crippen molar-refractivity contribution in [3.63, 3.8) is 0 Å². The first-order valence-corrected chi connectivity index (χ1v) is 12.8. The first kappa shape index (κ1) is 23.1. The maximum absolute atomic E-state index is 12.8. The molecule has 10 heteroatoms. The van der Waals surface area contributed by atoms with Crippen molar-refractivity contribution in [1.82, 2.24) is 4.90 Å². The largest absolute Gasteiger partial charge is 0.365 e. The summed E-state index contributed by atoms with van der Waals surface area (Å²) < 4.78 is 1.76. The first-order valence-electron chi connectivity index (χ1n) is 9.66. The van der Waals surface area contributed by atoms with E-state index in [0.29, 0.717) is 40.8 Å². The van der Waals surface area contributed by atoms with Crippen molar-refractivity contribution in [3.8, 4) is 0 Å². The second kappa shape index (κ2) is 9.86. The molecule has 0 saturated carbocycles. The van der Waals surface area contributed by atoms with Crippen LogP contribution in [0.15, 0.2) is 53.0 Å². The second-order valence-electron chi connectivity index (χ2n) is 7.09. The van der Waals surface area contributed by atoms with Crippen molar-refractivity contribution in [2.45, 2.75) is 13.0 Å². The molecule has 0 spiro atoms. The van der Waals surface area contributed by atoms with Crippen LogP contribution in [0.5, 0.6) is 0 Å². The minimum absolute atomic E-state index is 0.265. The second-order valence-corrected chi connectivity index (χ2v) is 10.6. The Morgan fingerprint density at radius 3 is 2.56 bits per heavy atom. The Morgan fingerprint density at radius 1 is 1.12 bits per heavy atom.